The van der Waals surface area contributed by atoms with Crippen molar-refractivity contribution in [1.82, 2.24) is 19.5 Å². The Bertz CT molecular complexity index is 776. The molecule has 7 nitrogen and oxygen atoms in total. The molecule has 0 unspecified atom stereocenters. The summed E-state index contributed by atoms with van der Waals surface area (Å²) in [7, 11) is 0. The largest absolute Gasteiger partial charge is 0.364 e. The number of hydrogen-bond acceptors (Lipinski definition) is 5. The lowest BCUT2D eigenvalue weighted by Gasteiger charge is -2.28. The first-order valence-corrected chi connectivity index (χ1v) is 7.98. The second-order valence-corrected chi connectivity index (χ2v) is 6.46. The number of Topliss-reactive ketones (excluding diaryl/α,β-unsaturated/α-hetero) is 1. The number of rotatable bonds is 3. The molecular formula is C16H19N5O2. The van der Waals surface area contributed by atoms with Gasteiger partial charge in [0.25, 0.3) is 0 Å². The molecule has 1 saturated carbocycles. The van der Waals surface area contributed by atoms with E-state index in [4.69, 9.17) is 0 Å². The van der Waals surface area contributed by atoms with Gasteiger partial charge >= 0.3 is 0 Å². The Morgan fingerprint density at radius 1 is 1.35 bits per heavy atom. The standard InChI is InChI=1S/C16H19N5O2/c1-10-8-21-15(17-10)3-2-14(19-21)18-12-4-5-20(9-12)16(23)11-6-13(22)7-11/h2-3,8,11-12H,4-7,9H2,1H3,(H,18,19)/t12-/m1/s1. The third-order valence-corrected chi connectivity index (χ3v) is 4.59. The van der Waals surface area contributed by atoms with Crippen molar-refractivity contribution in [3.05, 3.63) is 24.0 Å². The maximum atomic E-state index is 12.3. The topological polar surface area (TPSA) is 79.6 Å². The van der Waals surface area contributed by atoms with E-state index < -0.39 is 0 Å². The smallest absolute Gasteiger partial charge is 0.226 e. The second kappa shape index (κ2) is 5.33. The minimum atomic E-state index is -0.0790. The lowest BCUT2D eigenvalue weighted by molar-refractivity contribution is -0.144. The van der Waals surface area contributed by atoms with Gasteiger partial charge in [0.1, 0.15) is 11.6 Å². The Balaban J connectivity index is 1.39. The number of aromatic nitrogens is 3. The van der Waals surface area contributed by atoms with E-state index in [0.29, 0.717) is 19.4 Å². The van der Waals surface area contributed by atoms with Crippen molar-refractivity contribution in [2.24, 2.45) is 5.92 Å². The molecule has 0 radical (unpaired) electrons. The van der Waals surface area contributed by atoms with E-state index in [-0.39, 0.29) is 23.7 Å². The zero-order valence-electron chi connectivity index (χ0n) is 13.0. The summed E-state index contributed by atoms with van der Waals surface area (Å²) in [6, 6.07) is 4.04. The highest BCUT2D eigenvalue weighted by atomic mass is 16.2. The predicted molar refractivity (Wildman–Crippen MR) is 84.1 cm³/mol. The summed E-state index contributed by atoms with van der Waals surface area (Å²) in [5, 5.41) is 7.89. The van der Waals surface area contributed by atoms with Crippen molar-refractivity contribution in [2.45, 2.75) is 32.2 Å². The SMILES string of the molecule is Cc1cn2nc(N[C@@H]3CCN(C(=O)C4CC(=O)C4)C3)ccc2n1. The van der Waals surface area contributed by atoms with Crippen molar-refractivity contribution in [3.8, 4) is 0 Å². The number of aryl methyl sites for hydroxylation is 1. The fraction of sp³-hybridized carbons (Fsp3) is 0.500. The Hall–Kier alpha value is -2.44. The molecule has 1 N–H and O–H groups in total. The van der Waals surface area contributed by atoms with Crippen LogP contribution < -0.4 is 5.32 Å². The number of ketones is 1. The Kier molecular flexibility index (Phi) is 3.28. The van der Waals surface area contributed by atoms with Gasteiger partial charge in [-0.3, -0.25) is 9.59 Å². The van der Waals surface area contributed by atoms with Gasteiger partial charge in [-0.25, -0.2) is 9.50 Å². The number of carbonyl (C=O) groups excluding carboxylic acids is 2. The fourth-order valence-corrected chi connectivity index (χ4v) is 3.29. The second-order valence-electron chi connectivity index (χ2n) is 6.46. The monoisotopic (exact) mass is 313 g/mol. The molecule has 120 valence electrons. The molecule has 2 aromatic heterocycles. The van der Waals surface area contributed by atoms with Crippen LogP contribution >= 0.6 is 0 Å². The van der Waals surface area contributed by atoms with Crippen molar-refractivity contribution < 1.29 is 9.59 Å². The maximum absolute atomic E-state index is 12.3. The number of amides is 1. The number of nitrogens with one attached hydrogen (secondary N) is 1. The van der Waals surface area contributed by atoms with Gasteiger partial charge in [0, 0.05) is 32.0 Å². The van der Waals surface area contributed by atoms with Gasteiger partial charge in [-0.05, 0) is 25.5 Å². The van der Waals surface area contributed by atoms with E-state index in [1.54, 1.807) is 4.52 Å². The highest BCUT2D eigenvalue weighted by molar-refractivity contribution is 5.96. The summed E-state index contributed by atoms with van der Waals surface area (Å²) in [6.07, 6.45) is 3.63. The van der Waals surface area contributed by atoms with Gasteiger partial charge in [-0.2, -0.15) is 0 Å². The molecule has 2 fully saturated rings. The molecule has 1 saturated heterocycles. The minimum Gasteiger partial charge on any atom is -0.364 e. The Morgan fingerprint density at radius 2 is 2.17 bits per heavy atom. The molecular weight excluding hydrogens is 294 g/mol. The molecule has 0 bridgehead atoms. The predicted octanol–water partition coefficient (Wildman–Crippen LogP) is 1.03. The van der Waals surface area contributed by atoms with E-state index in [1.165, 1.54) is 0 Å². The molecule has 0 spiro atoms. The van der Waals surface area contributed by atoms with Gasteiger partial charge in [-0.15, -0.1) is 5.10 Å². The minimum absolute atomic E-state index is 0.0790. The molecule has 1 atom stereocenters. The molecule has 0 aromatic carbocycles. The lowest BCUT2D eigenvalue weighted by Crippen LogP contribution is -2.41. The molecule has 1 aliphatic heterocycles. The average Bonchev–Trinajstić information content (AvgIpc) is 3.08. The van der Waals surface area contributed by atoms with Crippen LogP contribution in [0.15, 0.2) is 18.3 Å². The zero-order chi connectivity index (χ0) is 16.0. The van der Waals surface area contributed by atoms with Crippen LogP contribution in [0.4, 0.5) is 5.82 Å². The first-order valence-electron chi connectivity index (χ1n) is 7.98. The van der Waals surface area contributed by atoms with Crippen LogP contribution in [0, 0.1) is 12.8 Å². The van der Waals surface area contributed by atoms with E-state index in [1.807, 2.05) is 30.2 Å². The van der Waals surface area contributed by atoms with Crippen LogP contribution in [0.1, 0.15) is 25.0 Å². The van der Waals surface area contributed by atoms with Crippen LogP contribution in [0.5, 0.6) is 0 Å². The molecule has 23 heavy (non-hydrogen) atoms. The number of imidazole rings is 1. The van der Waals surface area contributed by atoms with Crippen LogP contribution in [-0.4, -0.2) is 50.3 Å². The van der Waals surface area contributed by atoms with Crippen molar-refractivity contribution in [1.29, 1.82) is 0 Å². The molecule has 2 aromatic rings. The van der Waals surface area contributed by atoms with E-state index in [9.17, 15) is 9.59 Å². The summed E-state index contributed by atoms with van der Waals surface area (Å²) in [4.78, 5) is 29.5. The molecule has 4 rings (SSSR count). The first kappa shape index (κ1) is 14.2. The highest BCUT2D eigenvalue weighted by Gasteiger charge is 2.37. The maximum Gasteiger partial charge on any atom is 0.226 e. The molecule has 7 heteroatoms. The third-order valence-electron chi connectivity index (χ3n) is 4.59. The number of anilines is 1. The quantitative estimate of drug-likeness (QED) is 0.915. The number of fused-ring (bicyclic) bond motifs is 1. The van der Waals surface area contributed by atoms with Crippen LogP contribution in [0.2, 0.25) is 0 Å². The summed E-state index contributed by atoms with van der Waals surface area (Å²) in [6.45, 7) is 3.35. The van der Waals surface area contributed by atoms with E-state index >= 15 is 0 Å². The highest BCUT2D eigenvalue weighted by Crippen LogP contribution is 2.27. The van der Waals surface area contributed by atoms with Crippen LogP contribution in [-0.2, 0) is 9.59 Å². The van der Waals surface area contributed by atoms with Gasteiger partial charge in [0.15, 0.2) is 5.65 Å². The van der Waals surface area contributed by atoms with Crippen LogP contribution in [0.25, 0.3) is 5.65 Å². The van der Waals surface area contributed by atoms with Gasteiger partial charge in [0.05, 0.1) is 17.8 Å². The average molecular weight is 313 g/mol. The third kappa shape index (κ3) is 2.67. The number of likely N-dealkylation sites (tertiary alicyclic amines) is 1. The van der Waals surface area contributed by atoms with Crippen molar-refractivity contribution in [2.75, 3.05) is 18.4 Å². The molecule has 1 amide bonds. The zero-order valence-corrected chi connectivity index (χ0v) is 13.0. The van der Waals surface area contributed by atoms with Gasteiger partial charge < -0.3 is 10.2 Å². The summed E-state index contributed by atoms with van der Waals surface area (Å²) < 4.78 is 1.76. The molecule has 1 aliphatic carbocycles. The normalized spacial score (nSPS) is 21.7. The first-order chi connectivity index (χ1) is 11.1. The van der Waals surface area contributed by atoms with Crippen molar-refractivity contribution in [3.63, 3.8) is 0 Å². The fourth-order valence-electron chi connectivity index (χ4n) is 3.29. The van der Waals surface area contributed by atoms with Crippen LogP contribution in [0.3, 0.4) is 0 Å². The van der Waals surface area contributed by atoms with Gasteiger partial charge in [0.2, 0.25) is 5.91 Å². The molecule has 2 aliphatic rings. The van der Waals surface area contributed by atoms with Crippen molar-refractivity contribution >= 4 is 23.2 Å². The summed E-state index contributed by atoms with van der Waals surface area (Å²) in [5.74, 6) is 1.03. The Labute approximate surface area is 133 Å². The lowest BCUT2D eigenvalue weighted by atomic mass is 9.83. The van der Waals surface area contributed by atoms with Gasteiger partial charge in [-0.1, -0.05) is 0 Å². The number of carbonyl (C=O) groups is 2. The Morgan fingerprint density at radius 3 is 2.96 bits per heavy atom. The number of nitrogens with zero attached hydrogens (tertiary/aromatic N) is 4. The molecule has 3 heterocycles. The van der Waals surface area contributed by atoms with E-state index in [0.717, 1.165) is 30.1 Å². The van der Waals surface area contributed by atoms with E-state index in [2.05, 4.69) is 15.4 Å². The summed E-state index contributed by atoms with van der Waals surface area (Å²) in [5.41, 5.74) is 1.76. The summed E-state index contributed by atoms with van der Waals surface area (Å²) >= 11 is 0. The number of hydrogen-bond donors (Lipinski definition) is 1.